The maximum absolute atomic E-state index is 15.6. The van der Waals surface area contributed by atoms with Gasteiger partial charge in [0.05, 0.1) is 22.2 Å². The molecular weight excluding hydrogens is 731 g/mol. The van der Waals surface area contributed by atoms with E-state index in [-0.39, 0.29) is 35.4 Å². The summed E-state index contributed by atoms with van der Waals surface area (Å²) in [5.41, 5.74) is -1.98. The Labute approximate surface area is 322 Å². The van der Waals surface area contributed by atoms with Crippen LogP contribution in [-0.4, -0.2) is 88.1 Å². The lowest BCUT2D eigenvalue weighted by molar-refractivity contribution is -0.803. The molecule has 7 rings (SSSR count). The summed E-state index contributed by atoms with van der Waals surface area (Å²) >= 11 is 0. The van der Waals surface area contributed by atoms with Gasteiger partial charge in [-0.2, -0.15) is 14.5 Å². The molecule has 3 aliphatic rings. The molecule has 0 spiro atoms. The van der Waals surface area contributed by atoms with Crippen molar-refractivity contribution in [1.82, 2.24) is 25.3 Å². The number of benzene rings is 1. The number of nitrogens with zero attached hydrogens (tertiary/aromatic N) is 6. The van der Waals surface area contributed by atoms with Crippen LogP contribution >= 0.6 is 0 Å². The summed E-state index contributed by atoms with van der Waals surface area (Å²) in [6.07, 6.45) is 1.55. The van der Waals surface area contributed by atoms with Gasteiger partial charge < -0.3 is 43.6 Å². The average molecular weight is 780 g/mol. The van der Waals surface area contributed by atoms with Gasteiger partial charge in [0.15, 0.2) is 13.0 Å². The smallest absolute Gasteiger partial charge is 0.416 e. The largest absolute Gasteiger partial charge is 0.444 e. The number of esters is 1. The molecule has 4 unspecified atom stereocenters. The number of amides is 2. The number of carbonyl (C=O) groups excluding carboxylic acids is 3. The van der Waals surface area contributed by atoms with E-state index in [1.165, 1.54) is 25.4 Å². The van der Waals surface area contributed by atoms with Gasteiger partial charge in [-0.1, -0.05) is 4.98 Å². The van der Waals surface area contributed by atoms with Gasteiger partial charge >= 0.3 is 24.2 Å². The number of carbonyl (C=O) groups is 3. The van der Waals surface area contributed by atoms with Crippen LogP contribution in [0.3, 0.4) is 0 Å². The second-order valence-electron chi connectivity index (χ2n) is 16.8. The molecule has 4 aromatic rings. The van der Waals surface area contributed by atoms with Crippen molar-refractivity contribution >= 4 is 51.6 Å². The Kier molecular flexibility index (Phi) is 9.71. The molecule has 2 amide bonds. The van der Waals surface area contributed by atoms with Crippen LogP contribution in [0.4, 0.5) is 25.5 Å². The minimum atomic E-state index is -1.58. The molecule has 18 heteroatoms. The van der Waals surface area contributed by atoms with Crippen LogP contribution in [0.15, 0.2) is 24.5 Å². The third kappa shape index (κ3) is 7.84. The number of ether oxygens (including phenoxy) is 6. The van der Waals surface area contributed by atoms with Crippen molar-refractivity contribution in [3.05, 3.63) is 36.2 Å². The van der Waals surface area contributed by atoms with E-state index >= 15 is 4.39 Å². The van der Waals surface area contributed by atoms with Crippen molar-refractivity contribution in [2.24, 2.45) is 5.92 Å². The number of aromatic amines is 1. The molecule has 7 bridgehead atoms. The van der Waals surface area contributed by atoms with Crippen molar-refractivity contribution in [1.29, 1.82) is 0 Å². The summed E-state index contributed by atoms with van der Waals surface area (Å²) in [5.74, 6) is -0.236. The Morgan fingerprint density at radius 2 is 1.86 bits per heavy atom. The topological polar surface area (TPSA) is 183 Å². The lowest BCUT2D eigenvalue weighted by Gasteiger charge is -2.33. The summed E-state index contributed by atoms with van der Waals surface area (Å²) in [6, 6.07) is 2.37. The number of rotatable bonds is 3. The van der Waals surface area contributed by atoms with E-state index in [2.05, 4.69) is 20.2 Å². The van der Waals surface area contributed by atoms with Crippen LogP contribution in [0.1, 0.15) is 74.1 Å². The second kappa shape index (κ2) is 14.0. The molecular formula is C38H48FN8O9+. The molecule has 1 aliphatic carbocycles. The third-order valence-corrected chi connectivity index (χ3v) is 9.79. The number of hydrogen-bond donors (Lipinski definition) is 2. The summed E-state index contributed by atoms with van der Waals surface area (Å²) in [4.78, 5) is 60.3. The van der Waals surface area contributed by atoms with Gasteiger partial charge in [-0.15, -0.1) is 0 Å². The number of halogens is 1. The monoisotopic (exact) mass is 779 g/mol. The molecule has 0 radical (unpaired) electrons. The van der Waals surface area contributed by atoms with Gasteiger partial charge in [0.25, 0.3) is 17.8 Å². The zero-order chi connectivity index (χ0) is 40.5. The Balaban J connectivity index is 1.32. The fourth-order valence-corrected chi connectivity index (χ4v) is 7.51. The normalized spacial score (nSPS) is 22.9. The highest BCUT2D eigenvalue weighted by Crippen LogP contribution is 2.45. The van der Waals surface area contributed by atoms with Crippen molar-refractivity contribution in [3.63, 3.8) is 0 Å². The number of piperidine rings is 1. The lowest BCUT2D eigenvalue weighted by Crippen LogP contribution is -2.58. The maximum atomic E-state index is 15.6. The Morgan fingerprint density at radius 1 is 1.11 bits per heavy atom. The van der Waals surface area contributed by atoms with Crippen molar-refractivity contribution in [3.8, 4) is 11.8 Å². The van der Waals surface area contributed by atoms with Gasteiger partial charge in [0.1, 0.15) is 29.1 Å². The number of aryl methyl sites for hydroxylation is 1. The fraction of sp³-hybridized carbons (Fsp3) is 0.553. The number of cyclic esters (lactones) is 2. The van der Waals surface area contributed by atoms with Crippen molar-refractivity contribution in [2.75, 3.05) is 30.2 Å². The van der Waals surface area contributed by atoms with Crippen LogP contribution in [0.2, 0.25) is 0 Å². The van der Waals surface area contributed by atoms with Gasteiger partial charge in [-0.25, -0.2) is 18.8 Å². The number of anilines is 2. The predicted octanol–water partition coefficient (Wildman–Crippen LogP) is 5.46. The summed E-state index contributed by atoms with van der Waals surface area (Å²) in [7, 11) is 1.42. The fourth-order valence-electron chi connectivity index (χ4n) is 7.51. The minimum absolute atomic E-state index is 0.0307. The number of H-pyrrole nitrogens is 1. The van der Waals surface area contributed by atoms with Crippen LogP contribution in [0.25, 0.3) is 21.9 Å². The zero-order valence-electron chi connectivity index (χ0n) is 33.2. The molecule has 1 aromatic carbocycles. The molecule has 2 N–H and O–H groups in total. The van der Waals surface area contributed by atoms with Gasteiger partial charge in [0, 0.05) is 51.8 Å². The minimum Gasteiger partial charge on any atom is -0.444 e. The Morgan fingerprint density at radius 3 is 2.54 bits per heavy atom. The molecule has 3 aromatic heterocycles. The summed E-state index contributed by atoms with van der Waals surface area (Å²) < 4.78 is 51.8. The number of hydrogen-bond acceptors (Lipinski definition) is 13. The first-order valence-electron chi connectivity index (χ1n) is 18.4. The van der Waals surface area contributed by atoms with Crippen LogP contribution in [-0.2, 0) is 34.2 Å². The van der Waals surface area contributed by atoms with Gasteiger partial charge in [-0.05, 0) is 72.4 Å². The number of fused-ring (bicyclic) bond motifs is 6. The quantitative estimate of drug-likeness (QED) is 0.152. The first kappa shape index (κ1) is 38.9. The van der Waals surface area contributed by atoms with Crippen molar-refractivity contribution < 1.29 is 51.8 Å². The zero-order valence-corrected chi connectivity index (χ0v) is 33.2. The first-order chi connectivity index (χ1) is 26.2. The number of aromatic nitrogens is 5. The summed E-state index contributed by atoms with van der Waals surface area (Å²) in [6.45, 7) is 15.5. The third-order valence-electron chi connectivity index (χ3n) is 9.79. The predicted molar refractivity (Wildman–Crippen MR) is 198 cm³/mol. The van der Waals surface area contributed by atoms with Crippen molar-refractivity contribution in [2.45, 2.75) is 110 Å². The first-order valence-corrected chi connectivity index (χ1v) is 18.4. The molecule has 56 heavy (non-hydrogen) atoms. The maximum Gasteiger partial charge on any atom is 0.416 e. The molecule has 300 valence electrons. The van der Waals surface area contributed by atoms with Crippen LogP contribution < -0.4 is 24.4 Å². The molecule has 5 heterocycles. The molecule has 1 saturated heterocycles. The second-order valence-corrected chi connectivity index (χ2v) is 16.8. The average Bonchev–Trinajstić information content (AvgIpc) is 3.78. The van der Waals surface area contributed by atoms with Crippen LogP contribution in [0, 0.1) is 18.7 Å². The van der Waals surface area contributed by atoms with E-state index in [0.29, 0.717) is 46.5 Å². The standard InChI is InChI=1S/C38H47FN8O9/c1-19-40-15-23-17-47(19)38(8,9)54-31(48)32(55-36(2,3)4)51-18-52-35(50)45(10)26-13-21(39)12-24-27-29(42-28(24)26)43-33(53-23)44-30(27)46-16-20-11-22(46)14-25(20)41-34(49)56-37(5,6)7/h12-13,15,17,20,22,25,32H,11,14,16,18H2,1-10H3,(H-,41,42,43,44,49)/p+1. The number of alkyl carbamates (subject to hydrolysis) is 1. The Bertz CT molecular complexity index is 2220. The van der Waals surface area contributed by atoms with Gasteiger partial charge in [-0.3, -0.25) is 4.90 Å². The molecule has 17 nitrogen and oxygen atoms in total. The van der Waals surface area contributed by atoms with Crippen LogP contribution in [0.5, 0.6) is 11.8 Å². The highest BCUT2D eigenvalue weighted by Gasteiger charge is 2.47. The summed E-state index contributed by atoms with van der Waals surface area (Å²) in [5, 5.41) is 3.98. The molecule has 4 atom stereocenters. The lowest BCUT2D eigenvalue weighted by atomic mass is 10.0. The molecule has 1 saturated carbocycles. The highest BCUT2D eigenvalue weighted by atomic mass is 19.1. The Hall–Kier alpha value is -5.36. The highest BCUT2D eigenvalue weighted by molar-refractivity contribution is 6.16. The SMILES string of the molecule is Cc1ncc2c[n+]1C(C)(C)OC(=O)C(OC(C)(C)C)OCOC(=O)N(C)c1cc(F)cc3c1[nH]c1nc(nc(N4CC5CC4CC5NC(=O)OC(C)(C)C)c13)O2. The van der Waals surface area contributed by atoms with Gasteiger partial charge in [0.2, 0.25) is 5.75 Å². The van der Waals surface area contributed by atoms with E-state index in [1.807, 2.05) is 20.8 Å². The van der Waals surface area contributed by atoms with E-state index < -0.39 is 54.0 Å². The van der Waals surface area contributed by atoms with E-state index in [4.69, 9.17) is 38.4 Å². The van der Waals surface area contributed by atoms with E-state index in [0.717, 1.165) is 11.3 Å². The van der Waals surface area contributed by atoms with E-state index in [1.54, 1.807) is 52.3 Å². The number of nitrogens with one attached hydrogen (secondary N) is 2. The van der Waals surface area contributed by atoms with E-state index in [9.17, 15) is 14.4 Å². The molecule has 2 aliphatic heterocycles. The molecule has 2 fully saturated rings.